The Morgan fingerprint density at radius 2 is 1.81 bits per heavy atom. The van der Waals surface area contributed by atoms with Crippen molar-refractivity contribution >= 4 is 5.82 Å². The van der Waals surface area contributed by atoms with E-state index >= 15 is 0 Å². The third-order valence-corrected chi connectivity index (χ3v) is 3.51. The summed E-state index contributed by atoms with van der Waals surface area (Å²) in [5.41, 5.74) is 5.03. The van der Waals surface area contributed by atoms with Gasteiger partial charge in [-0.05, 0) is 37.5 Å². The smallest absolute Gasteiger partial charge is 0.330 e. The van der Waals surface area contributed by atoms with Gasteiger partial charge in [0, 0.05) is 12.1 Å². The van der Waals surface area contributed by atoms with Gasteiger partial charge >= 0.3 is 5.69 Å². The summed E-state index contributed by atoms with van der Waals surface area (Å²) in [5, 5.41) is 0. The molecule has 0 aliphatic heterocycles. The lowest BCUT2D eigenvalue weighted by Gasteiger charge is -2.20. The number of anilines is 1. The van der Waals surface area contributed by atoms with Crippen LogP contribution in [0.3, 0.4) is 0 Å². The van der Waals surface area contributed by atoms with E-state index in [1.807, 2.05) is 0 Å². The predicted molar refractivity (Wildman–Crippen MR) is 60.2 cm³/mol. The lowest BCUT2D eigenvalue weighted by Crippen LogP contribution is -2.35. The zero-order valence-electron chi connectivity index (χ0n) is 8.98. The standard InChI is InChI=1S/C11H15N3O2/c12-8-5-9(15)13-11(16)14(8)10(6-1-2-6)7-3-4-7/h5-7,10H,1-4,12H2,(H,13,15,16). The van der Waals surface area contributed by atoms with Gasteiger partial charge in [0.05, 0.1) is 0 Å². The third-order valence-electron chi connectivity index (χ3n) is 3.51. The number of nitrogens with one attached hydrogen (secondary N) is 1. The molecule has 5 heteroatoms. The molecule has 0 bridgehead atoms. The summed E-state index contributed by atoms with van der Waals surface area (Å²) < 4.78 is 1.59. The highest BCUT2D eigenvalue weighted by atomic mass is 16.2. The number of aromatic nitrogens is 2. The zero-order valence-corrected chi connectivity index (χ0v) is 8.98. The van der Waals surface area contributed by atoms with Crippen LogP contribution in [0.5, 0.6) is 0 Å². The molecular weight excluding hydrogens is 206 g/mol. The number of H-pyrrole nitrogens is 1. The Kier molecular flexibility index (Phi) is 1.96. The molecule has 2 fully saturated rings. The van der Waals surface area contributed by atoms with Crippen molar-refractivity contribution in [1.82, 2.24) is 9.55 Å². The highest BCUT2D eigenvalue weighted by Gasteiger charge is 2.43. The van der Waals surface area contributed by atoms with Gasteiger partial charge in [-0.15, -0.1) is 0 Å². The molecule has 1 heterocycles. The van der Waals surface area contributed by atoms with Gasteiger partial charge in [-0.1, -0.05) is 0 Å². The predicted octanol–water partition coefficient (Wildman–Crippen LogP) is 0.480. The average molecular weight is 221 g/mol. The van der Waals surface area contributed by atoms with Gasteiger partial charge in [0.25, 0.3) is 5.56 Å². The molecule has 0 aromatic carbocycles. The van der Waals surface area contributed by atoms with Crippen LogP contribution in [0.25, 0.3) is 0 Å². The summed E-state index contributed by atoms with van der Waals surface area (Å²) in [6, 6.07) is 1.52. The molecule has 0 spiro atoms. The highest BCUT2D eigenvalue weighted by Crippen LogP contribution is 2.51. The van der Waals surface area contributed by atoms with Gasteiger partial charge in [0.2, 0.25) is 0 Å². The maximum atomic E-state index is 11.8. The molecular formula is C11H15N3O2. The number of nitrogens with two attached hydrogens (primary N) is 1. The van der Waals surface area contributed by atoms with Crippen molar-refractivity contribution in [3.05, 3.63) is 26.9 Å². The van der Waals surface area contributed by atoms with Crippen LogP contribution >= 0.6 is 0 Å². The summed E-state index contributed by atoms with van der Waals surface area (Å²) >= 11 is 0. The Hall–Kier alpha value is -1.52. The summed E-state index contributed by atoms with van der Waals surface area (Å²) in [6.45, 7) is 0. The van der Waals surface area contributed by atoms with Crippen LogP contribution in [-0.2, 0) is 0 Å². The molecule has 86 valence electrons. The highest BCUT2D eigenvalue weighted by molar-refractivity contribution is 5.28. The molecule has 2 saturated carbocycles. The van der Waals surface area contributed by atoms with E-state index in [0.29, 0.717) is 17.7 Å². The van der Waals surface area contributed by atoms with Crippen molar-refractivity contribution in [3.63, 3.8) is 0 Å². The Morgan fingerprint density at radius 3 is 2.25 bits per heavy atom. The van der Waals surface area contributed by atoms with E-state index < -0.39 is 5.56 Å². The van der Waals surface area contributed by atoms with Gasteiger partial charge in [-0.2, -0.15) is 0 Å². The number of aromatic amines is 1. The summed E-state index contributed by atoms with van der Waals surface area (Å²) in [6.07, 6.45) is 4.69. The molecule has 0 atom stereocenters. The molecule has 16 heavy (non-hydrogen) atoms. The van der Waals surface area contributed by atoms with Crippen molar-refractivity contribution in [2.45, 2.75) is 31.7 Å². The minimum atomic E-state index is -0.413. The second-order valence-corrected chi connectivity index (χ2v) is 4.90. The van der Waals surface area contributed by atoms with Crippen LogP contribution in [0.1, 0.15) is 31.7 Å². The van der Waals surface area contributed by atoms with Crippen LogP contribution < -0.4 is 17.0 Å². The van der Waals surface area contributed by atoms with E-state index in [1.165, 1.54) is 31.7 Å². The fraction of sp³-hybridized carbons (Fsp3) is 0.636. The third kappa shape index (κ3) is 1.56. The molecule has 3 N–H and O–H groups in total. The van der Waals surface area contributed by atoms with Crippen molar-refractivity contribution in [2.75, 3.05) is 5.73 Å². The summed E-state index contributed by atoms with van der Waals surface area (Å²) in [5.74, 6) is 1.47. The zero-order chi connectivity index (χ0) is 11.3. The summed E-state index contributed by atoms with van der Waals surface area (Å²) in [7, 11) is 0. The SMILES string of the molecule is Nc1cc(=O)[nH]c(=O)n1C(C1CC1)C1CC1. The fourth-order valence-corrected chi connectivity index (χ4v) is 2.51. The maximum absolute atomic E-state index is 11.8. The number of nitrogens with zero attached hydrogens (tertiary/aromatic N) is 1. The summed E-state index contributed by atoms with van der Waals surface area (Å²) in [4.78, 5) is 25.2. The van der Waals surface area contributed by atoms with Gasteiger partial charge in [-0.25, -0.2) is 4.79 Å². The quantitative estimate of drug-likeness (QED) is 0.779. The Labute approximate surface area is 92.3 Å². The van der Waals surface area contributed by atoms with Gasteiger partial charge in [0.15, 0.2) is 0 Å². The van der Waals surface area contributed by atoms with Crippen molar-refractivity contribution in [1.29, 1.82) is 0 Å². The monoisotopic (exact) mass is 221 g/mol. The number of nitrogen functional groups attached to an aromatic ring is 1. The number of hydrogen-bond donors (Lipinski definition) is 2. The minimum absolute atomic E-state index is 0.212. The van der Waals surface area contributed by atoms with Crippen molar-refractivity contribution in [2.24, 2.45) is 11.8 Å². The van der Waals surface area contributed by atoms with E-state index in [4.69, 9.17) is 5.73 Å². The molecule has 0 saturated heterocycles. The van der Waals surface area contributed by atoms with E-state index in [-0.39, 0.29) is 11.7 Å². The van der Waals surface area contributed by atoms with E-state index in [1.54, 1.807) is 4.57 Å². The van der Waals surface area contributed by atoms with E-state index in [0.717, 1.165) is 0 Å². The Balaban J connectivity index is 2.09. The van der Waals surface area contributed by atoms with Crippen LogP contribution in [-0.4, -0.2) is 9.55 Å². The lowest BCUT2D eigenvalue weighted by atomic mass is 10.1. The van der Waals surface area contributed by atoms with Gasteiger partial charge < -0.3 is 5.73 Å². The molecule has 5 nitrogen and oxygen atoms in total. The first kappa shape index (κ1) is 9.69. The molecule has 1 aromatic heterocycles. The molecule has 0 radical (unpaired) electrons. The first-order valence-corrected chi connectivity index (χ1v) is 5.78. The fourth-order valence-electron chi connectivity index (χ4n) is 2.51. The van der Waals surface area contributed by atoms with Crippen LogP contribution in [0.2, 0.25) is 0 Å². The lowest BCUT2D eigenvalue weighted by molar-refractivity contribution is 0.383. The minimum Gasteiger partial charge on any atom is -0.385 e. The second kappa shape index (κ2) is 3.23. The van der Waals surface area contributed by atoms with E-state index in [2.05, 4.69) is 4.98 Å². The first-order chi connectivity index (χ1) is 7.66. The molecule has 0 unspecified atom stereocenters. The van der Waals surface area contributed by atoms with E-state index in [9.17, 15) is 9.59 Å². The topological polar surface area (TPSA) is 80.9 Å². The maximum Gasteiger partial charge on any atom is 0.330 e. The van der Waals surface area contributed by atoms with Gasteiger partial charge in [0.1, 0.15) is 5.82 Å². The number of hydrogen-bond acceptors (Lipinski definition) is 3. The second-order valence-electron chi connectivity index (χ2n) is 4.90. The Morgan fingerprint density at radius 1 is 1.25 bits per heavy atom. The average Bonchev–Trinajstić information content (AvgIpc) is 3.04. The normalized spacial score (nSPS) is 20.3. The molecule has 3 rings (SSSR count). The van der Waals surface area contributed by atoms with Gasteiger partial charge in [-0.3, -0.25) is 14.3 Å². The number of rotatable bonds is 3. The molecule has 0 amide bonds. The van der Waals surface area contributed by atoms with Crippen LogP contribution in [0.15, 0.2) is 15.7 Å². The molecule has 1 aromatic rings. The Bertz CT molecular complexity index is 511. The van der Waals surface area contributed by atoms with Crippen LogP contribution in [0.4, 0.5) is 5.82 Å². The van der Waals surface area contributed by atoms with Crippen molar-refractivity contribution in [3.8, 4) is 0 Å². The van der Waals surface area contributed by atoms with Crippen LogP contribution in [0, 0.1) is 11.8 Å². The largest absolute Gasteiger partial charge is 0.385 e. The first-order valence-electron chi connectivity index (χ1n) is 5.78. The van der Waals surface area contributed by atoms with Crippen molar-refractivity contribution < 1.29 is 0 Å². The molecule has 2 aliphatic carbocycles. The molecule has 2 aliphatic rings.